The molecular formula is C21H26N6O2. The molecular weight excluding hydrogens is 368 g/mol. The molecule has 3 aromatic rings. The van der Waals surface area contributed by atoms with Gasteiger partial charge in [0.15, 0.2) is 0 Å². The lowest BCUT2D eigenvalue weighted by Gasteiger charge is -2.31. The molecule has 1 fully saturated rings. The van der Waals surface area contributed by atoms with Gasteiger partial charge in [-0.2, -0.15) is 4.98 Å². The molecule has 8 nitrogen and oxygen atoms in total. The zero-order chi connectivity index (χ0) is 20.5. The molecule has 0 radical (unpaired) electrons. The lowest BCUT2D eigenvalue weighted by Crippen LogP contribution is -2.34. The summed E-state index contributed by atoms with van der Waals surface area (Å²) in [5.41, 5.74) is 2.58. The number of aryl methyl sites for hydroxylation is 2. The molecule has 1 saturated heterocycles. The molecule has 8 heteroatoms. The standard InChI is InChI=1S/C21H26N6O2/c1-14-5-4-9-25(12-14)18-8-10-26-20(23-18)24-27(21(26)29)13-19(28)22-17-7-6-15(2)16(3)11-17/h6-8,10-11,14H,4-5,9,12-13H2,1-3H3,(H,22,28)/t14-/m1/s1. The van der Waals surface area contributed by atoms with Crippen LogP contribution in [0, 0.1) is 19.8 Å². The highest BCUT2D eigenvalue weighted by Crippen LogP contribution is 2.21. The van der Waals surface area contributed by atoms with Gasteiger partial charge in [-0.05, 0) is 61.9 Å². The Kier molecular flexibility index (Phi) is 5.08. The molecule has 152 valence electrons. The van der Waals surface area contributed by atoms with Crippen LogP contribution in [0.15, 0.2) is 35.3 Å². The number of carbonyl (C=O) groups excluding carboxylic acids is 1. The van der Waals surface area contributed by atoms with Gasteiger partial charge in [-0.3, -0.25) is 4.79 Å². The van der Waals surface area contributed by atoms with Crippen LogP contribution in [0.2, 0.25) is 0 Å². The van der Waals surface area contributed by atoms with Crippen molar-refractivity contribution in [1.29, 1.82) is 0 Å². The van der Waals surface area contributed by atoms with E-state index in [0.29, 0.717) is 17.4 Å². The van der Waals surface area contributed by atoms with E-state index in [4.69, 9.17) is 0 Å². The summed E-state index contributed by atoms with van der Waals surface area (Å²) in [6.45, 7) is 7.99. The van der Waals surface area contributed by atoms with Gasteiger partial charge in [0.05, 0.1) is 0 Å². The number of hydrogen-bond donors (Lipinski definition) is 1. The van der Waals surface area contributed by atoms with Crippen molar-refractivity contribution in [3.63, 3.8) is 0 Å². The van der Waals surface area contributed by atoms with Gasteiger partial charge >= 0.3 is 5.69 Å². The van der Waals surface area contributed by atoms with Gasteiger partial charge in [0.25, 0.3) is 5.78 Å². The molecule has 0 spiro atoms. The third-order valence-corrected chi connectivity index (χ3v) is 5.50. The van der Waals surface area contributed by atoms with Crippen LogP contribution in [0.1, 0.15) is 30.9 Å². The van der Waals surface area contributed by atoms with Crippen molar-refractivity contribution in [2.24, 2.45) is 5.92 Å². The first-order valence-corrected chi connectivity index (χ1v) is 9.99. The van der Waals surface area contributed by atoms with E-state index in [1.54, 1.807) is 6.20 Å². The minimum Gasteiger partial charge on any atom is -0.356 e. The molecule has 0 bridgehead atoms. The Morgan fingerprint density at radius 3 is 2.83 bits per heavy atom. The number of aromatic nitrogens is 4. The topological polar surface area (TPSA) is 84.5 Å². The second-order valence-corrected chi connectivity index (χ2v) is 7.94. The van der Waals surface area contributed by atoms with E-state index >= 15 is 0 Å². The molecule has 3 heterocycles. The molecule has 4 rings (SSSR count). The van der Waals surface area contributed by atoms with Crippen LogP contribution in [0.25, 0.3) is 5.78 Å². The van der Waals surface area contributed by atoms with E-state index in [1.807, 2.05) is 38.1 Å². The lowest BCUT2D eigenvalue weighted by atomic mass is 10.0. The van der Waals surface area contributed by atoms with Gasteiger partial charge in [-0.15, -0.1) is 5.10 Å². The molecule has 0 unspecified atom stereocenters. The van der Waals surface area contributed by atoms with Crippen LogP contribution in [0.5, 0.6) is 0 Å². The van der Waals surface area contributed by atoms with Crippen molar-refractivity contribution >= 4 is 23.2 Å². The molecule has 0 aliphatic carbocycles. The fourth-order valence-electron chi connectivity index (χ4n) is 3.73. The summed E-state index contributed by atoms with van der Waals surface area (Å²) >= 11 is 0. The van der Waals surface area contributed by atoms with Gasteiger partial charge in [0, 0.05) is 25.0 Å². The minimum atomic E-state index is -0.374. The third kappa shape index (κ3) is 4.01. The molecule has 1 aliphatic heterocycles. The van der Waals surface area contributed by atoms with Crippen molar-refractivity contribution in [3.8, 4) is 0 Å². The predicted molar refractivity (Wildman–Crippen MR) is 112 cm³/mol. The van der Waals surface area contributed by atoms with Crippen LogP contribution in [-0.4, -0.2) is 38.2 Å². The number of piperidine rings is 1. The zero-order valence-corrected chi connectivity index (χ0v) is 17.1. The Morgan fingerprint density at radius 2 is 2.07 bits per heavy atom. The van der Waals surface area contributed by atoms with Crippen LogP contribution in [0.4, 0.5) is 11.5 Å². The minimum absolute atomic E-state index is 0.162. The van der Waals surface area contributed by atoms with E-state index in [-0.39, 0.29) is 18.1 Å². The van der Waals surface area contributed by atoms with Crippen molar-refractivity contribution < 1.29 is 4.79 Å². The van der Waals surface area contributed by atoms with E-state index < -0.39 is 0 Å². The summed E-state index contributed by atoms with van der Waals surface area (Å²) in [5, 5.41) is 7.09. The van der Waals surface area contributed by atoms with Gasteiger partial charge in [-0.1, -0.05) is 13.0 Å². The average molecular weight is 394 g/mol. The van der Waals surface area contributed by atoms with Gasteiger partial charge < -0.3 is 10.2 Å². The highest BCUT2D eigenvalue weighted by atomic mass is 16.2. The number of hydrogen-bond acceptors (Lipinski definition) is 5. The molecule has 1 N–H and O–H groups in total. The van der Waals surface area contributed by atoms with E-state index in [0.717, 1.165) is 41.1 Å². The highest BCUT2D eigenvalue weighted by molar-refractivity contribution is 5.90. The molecule has 1 aromatic carbocycles. The van der Waals surface area contributed by atoms with Crippen LogP contribution in [-0.2, 0) is 11.3 Å². The van der Waals surface area contributed by atoms with Crippen molar-refractivity contribution in [2.75, 3.05) is 23.3 Å². The number of amides is 1. The molecule has 1 atom stereocenters. The first kappa shape index (κ1) is 19.2. The molecule has 1 aliphatic rings. The Morgan fingerprint density at radius 1 is 1.24 bits per heavy atom. The summed E-state index contributed by atoms with van der Waals surface area (Å²) in [6.07, 6.45) is 4.04. The number of anilines is 2. The summed E-state index contributed by atoms with van der Waals surface area (Å²) < 4.78 is 2.53. The smallest absolute Gasteiger partial charge is 0.352 e. The zero-order valence-electron chi connectivity index (χ0n) is 17.1. The first-order valence-electron chi connectivity index (χ1n) is 9.99. The second kappa shape index (κ2) is 7.69. The van der Waals surface area contributed by atoms with Crippen LogP contribution < -0.4 is 15.9 Å². The molecule has 2 aromatic heterocycles. The third-order valence-electron chi connectivity index (χ3n) is 5.50. The van der Waals surface area contributed by atoms with Crippen molar-refractivity contribution in [1.82, 2.24) is 19.2 Å². The number of benzene rings is 1. The SMILES string of the molecule is Cc1ccc(NC(=O)Cn2nc3nc(N4CCC[C@@H](C)C4)ccn3c2=O)cc1C. The summed E-state index contributed by atoms with van der Waals surface area (Å²) in [6, 6.07) is 7.55. The number of nitrogens with zero attached hydrogens (tertiary/aromatic N) is 5. The van der Waals surface area contributed by atoms with Crippen molar-refractivity contribution in [2.45, 2.75) is 40.2 Å². The number of fused-ring (bicyclic) bond motifs is 1. The van der Waals surface area contributed by atoms with Crippen LogP contribution >= 0.6 is 0 Å². The largest absolute Gasteiger partial charge is 0.356 e. The molecule has 29 heavy (non-hydrogen) atoms. The maximum absolute atomic E-state index is 12.6. The predicted octanol–water partition coefficient (Wildman–Crippen LogP) is 2.38. The van der Waals surface area contributed by atoms with Gasteiger partial charge in [-0.25, -0.2) is 13.9 Å². The molecule has 0 saturated carbocycles. The van der Waals surface area contributed by atoms with Crippen molar-refractivity contribution in [3.05, 3.63) is 52.1 Å². The summed E-state index contributed by atoms with van der Waals surface area (Å²) in [4.78, 5) is 31.8. The quantitative estimate of drug-likeness (QED) is 0.734. The van der Waals surface area contributed by atoms with E-state index in [1.165, 1.54) is 10.8 Å². The highest BCUT2D eigenvalue weighted by Gasteiger charge is 2.19. The Hall–Kier alpha value is -3.16. The fraction of sp³-hybridized carbons (Fsp3) is 0.429. The van der Waals surface area contributed by atoms with E-state index in [9.17, 15) is 9.59 Å². The Bertz CT molecular complexity index is 1120. The maximum atomic E-state index is 12.6. The summed E-state index contributed by atoms with van der Waals surface area (Å²) in [7, 11) is 0. The van der Waals surface area contributed by atoms with Gasteiger partial charge in [0.2, 0.25) is 5.91 Å². The number of nitrogens with one attached hydrogen (secondary N) is 1. The number of rotatable bonds is 4. The second-order valence-electron chi connectivity index (χ2n) is 7.94. The number of carbonyl (C=O) groups is 1. The average Bonchev–Trinajstić information content (AvgIpc) is 2.99. The summed E-state index contributed by atoms with van der Waals surface area (Å²) in [5.74, 6) is 1.45. The van der Waals surface area contributed by atoms with Crippen LogP contribution in [0.3, 0.4) is 0 Å². The normalized spacial score (nSPS) is 16.9. The lowest BCUT2D eigenvalue weighted by molar-refractivity contribution is -0.117. The Balaban J connectivity index is 1.53. The first-order chi connectivity index (χ1) is 13.9. The maximum Gasteiger partial charge on any atom is 0.352 e. The van der Waals surface area contributed by atoms with Gasteiger partial charge in [0.1, 0.15) is 12.4 Å². The Labute approximate surface area is 169 Å². The fourth-order valence-corrected chi connectivity index (χ4v) is 3.73. The molecule has 1 amide bonds. The monoisotopic (exact) mass is 394 g/mol. The van der Waals surface area contributed by atoms with E-state index in [2.05, 4.69) is 27.2 Å².